The molecule has 6 nitrogen and oxygen atoms in total. The molecule has 1 amide bonds. The lowest BCUT2D eigenvalue weighted by atomic mass is 10.0. The number of ether oxygens (including phenoxy) is 1. The predicted molar refractivity (Wildman–Crippen MR) is 117 cm³/mol. The van der Waals surface area contributed by atoms with E-state index in [2.05, 4.69) is 20.9 Å². The molecule has 0 saturated carbocycles. The molecule has 2 atom stereocenters. The number of hydrogen-bond acceptors (Lipinski definition) is 4. The van der Waals surface area contributed by atoms with Gasteiger partial charge in [0.2, 0.25) is 5.91 Å². The maximum atomic E-state index is 13.1. The Kier molecular flexibility index (Phi) is 6.56. The zero-order chi connectivity index (χ0) is 21.1. The Balaban J connectivity index is 1.70. The van der Waals surface area contributed by atoms with Gasteiger partial charge in [-0.1, -0.05) is 47.8 Å². The van der Waals surface area contributed by atoms with E-state index < -0.39 is 0 Å². The summed E-state index contributed by atoms with van der Waals surface area (Å²) < 4.78 is 6.55. The Morgan fingerprint density at radius 3 is 2.70 bits per heavy atom. The number of esters is 1. The highest BCUT2D eigenvalue weighted by Gasteiger charge is 2.34. The molecule has 1 fully saturated rings. The van der Waals surface area contributed by atoms with Crippen LogP contribution in [0.1, 0.15) is 69.4 Å². The molecule has 1 saturated heterocycles. The van der Waals surface area contributed by atoms with E-state index in [1.165, 1.54) is 0 Å². The van der Waals surface area contributed by atoms with Gasteiger partial charge in [0, 0.05) is 28.9 Å². The van der Waals surface area contributed by atoms with Crippen LogP contribution in [0.3, 0.4) is 0 Å². The van der Waals surface area contributed by atoms with E-state index in [-0.39, 0.29) is 30.4 Å². The summed E-state index contributed by atoms with van der Waals surface area (Å²) in [7, 11) is 0. The monoisotopic (exact) mass is 473 g/mol. The Morgan fingerprint density at radius 2 is 1.90 bits per heavy atom. The summed E-state index contributed by atoms with van der Waals surface area (Å²) in [6.07, 6.45) is 5.81. The SMILES string of the molecule is CC1CCCCCC(=O)OCc2[nH]c(nc2-c2ccc(Br)cc2)C2CCCN2C1=O. The first-order valence-corrected chi connectivity index (χ1v) is 11.6. The summed E-state index contributed by atoms with van der Waals surface area (Å²) in [4.78, 5) is 35.6. The fourth-order valence-electron chi connectivity index (χ4n) is 4.38. The maximum Gasteiger partial charge on any atom is 0.306 e. The summed E-state index contributed by atoms with van der Waals surface area (Å²) in [5.41, 5.74) is 2.52. The van der Waals surface area contributed by atoms with Gasteiger partial charge in [0.1, 0.15) is 12.4 Å². The maximum absolute atomic E-state index is 13.1. The molecule has 1 aromatic carbocycles. The summed E-state index contributed by atoms with van der Waals surface area (Å²) in [6.45, 7) is 2.95. The molecule has 7 heteroatoms. The van der Waals surface area contributed by atoms with Crippen LogP contribution in [0.4, 0.5) is 0 Å². The van der Waals surface area contributed by atoms with Crippen molar-refractivity contribution < 1.29 is 14.3 Å². The molecule has 2 aliphatic rings. The van der Waals surface area contributed by atoms with Gasteiger partial charge in [-0.2, -0.15) is 0 Å². The van der Waals surface area contributed by atoms with Crippen LogP contribution >= 0.6 is 15.9 Å². The summed E-state index contributed by atoms with van der Waals surface area (Å²) in [5, 5.41) is 0. The average Bonchev–Trinajstić information content (AvgIpc) is 3.38. The zero-order valence-corrected chi connectivity index (χ0v) is 18.9. The third-order valence-electron chi connectivity index (χ3n) is 6.08. The first kappa shape index (κ1) is 21.1. The fourth-order valence-corrected chi connectivity index (χ4v) is 4.65. The number of benzene rings is 1. The van der Waals surface area contributed by atoms with Crippen LogP contribution in [0.5, 0.6) is 0 Å². The summed E-state index contributed by atoms with van der Waals surface area (Å²) in [5.74, 6) is 0.798. The van der Waals surface area contributed by atoms with E-state index in [0.29, 0.717) is 6.42 Å². The minimum atomic E-state index is -0.186. The third kappa shape index (κ3) is 4.61. The van der Waals surface area contributed by atoms with Crippen LogP contribution < -0.4 is 0 Å². The van der Waals surface area contributed by atoms with E-state index in [4.69, 9.17) is 9.72 Å². The van der Waals surface area contributed by atoms with Crippen molar-refractivity contribution in [1.29, 1.82) is 0 Å². The number of H-pyrrole nitrogens is 1. The number of rotatable bonds is 1. The number of imidazole rings is 1. The first-order valence-electron chi connectivity index (χ1n) is 10.8. The Hall–Kier alpha value is -2.15. The molecule has 2 aliphatic heterocycles. The lowest BCUT2D eigenvalue weighted by Gasteiger charge is -2.26. The highest BCUT2D eigenvalue weighted by Crippen LogP contribution is 2.35. The highest BCUT2D eigenvalue weighted by molar-refractivity contribution is 9.10. The second kappa shape index (κ2) is 9.33. The van der Waals surface area contributed by atoms with Crippen LogP contribution in [0.2, 0.25) is 0 Å². The van der Waals surface area contributed by atoms with Gasteiger partial charge < -0.3 is 14.6 Å². The minimum absolute atomic E-state index is 0.0111. The number of hydrogen-bond donors (Lipinski definition) is 1. The fraction of sp³-hybridized carbons (Fsp3) is 0.522. The molecule has 0 radical (unpaired) electrons. The molecule has 30 heavy (non-hydrogen) atoms. The van der Waals surface area contributed by atoms with E-state index in [1.54, 1.807) is 0 Å². The summed E-state index contributed by atoms with van der Waals surface area (Å²) in [6, 6.07) is 7.88. The topological polar surface area (TPSA) is 75.3 Å². The zero-order valence-electron chi connectivity index (χ0n) is 17.3. The number of cyclic esters (lactones) is 1. The van der Waals surface area contributed by atoms with Crippen LogP contribution in [-0.4, -0.2) is 33.3 Å². The van der Waals surface area contributed by atoms with Crippen molar-refractivity contribution in [2.45, 2.75) is 64.5 Å². The second-order valence-electron chi connectivity index (χ2n) is 8.31. The number of nitrogens with one attached hydrogen (secondary N) is 1. The quantitative estimate of drug-likeness (QED) is 0.581. The number of halogens is 1. The Morgan fingerprint density at radius 1 is 1.10 bits per heavy atom. The molecular weight excluding hydrogens is 446 g/mol. The Bertz CT molecular complexity index is 909. The van der Waals surface area contributed by atoms with Gasteiger partial charge in [-0.25, -0.2) is 4.98 Å². The van der Waals surface area contributed by atoms with Gasteiger partial charge in [-0.05, 0) is 37.8 Å². The number of carbonyl (C=O) groups is 2. The van der Waals surface area contributed by atoms with Crippen LogP contribution in [-0.2, 0) is 20.9 Å². The normalized spacial score (nSPS) is 23.5. The molecule has 0 spiro atoms. The summed E-state index contributed by atoms with van der Waals surface area (Å²) >= 11 is 3.47. The molecular formula is C23H28BrN3O3. The van der Waals surface area contributed by atoms with Crippen molar-refractivity contribution in [3.8, 4) is 11.3 Å². The van der Waals surface area contributed by atoms with E-state index in [0.717, 1.165) is 72.3 Å². The van der Waals surface area contributed by atoms with Gasteiger partial charge in [-0.3, -0.25) is 9.59 Å². The number of aromatic amines is 1. The van der Waals surface area contributed by atoms with Gasteiger partial charge in [0.05, 0.1) is 17.4 Å². The predicted octanol–water partition coefficient (Wildman–Crippen LogP) is 5.15. The molecule has 2 bridgehead atoms. The van der Waals surface area contributed by atoms with Crippen molar-refractivity contribution in [2.24, 2.45) is 5.92 Å². The van der Waals surface area contributed by atoms with E-state index in [1.807, 2.05) is 36.1 Å². The molecule has 1 N–H and O–H groups in total. The third-order valence-corrected chi connectivity index (χ3v) is 6.61. The minimum Gasteiger partial charge on any atom is -0.459 e. The van der Waals surface area contributed by atoms with Gasteiger partial charge in [0.15, 0.2) is 0 Å². The van der Waals surface area contributed by atoms with Crippen molar-refractivity contribution in [1.82, 2.24) is 14.9 Å². The lowest BCUT2D eigenvalue weighted by Crippen LogP contribution is -2.35. The number of amides is 1. The van der Waals surface area contributed by atoms with Crippen LogP contribution in [0.15, 0.2) is 28.7 Å². The van der Waals surface area contributed by atoms with Crippen molar-refractivity contribution in [2.75, 3.05) is 6.54 Å². The molecule has 1 aromatic heterocycles. The smallest absolute Gasteiger partial charge is 0.306 e. The van der Waals surface area contributed by atoms with Crippen molar-refractivity contribution >= 4 is 27.8 Å². The molecule has 0 aliphatic carbocycles. The number of aromatic nitrogens is 2. The van der Waals surface area contributed by atoms with Crippen molar-refractivity contribution in [3.05, 3.63) is 40.3 Å². The molecule has 2 aromatic rings. The first-order chi connectivity index (χ1) is 14.5. The molecule has 160 valence electrons. The largest absolute Gasteiger partial charge is 0.459 e. The van der Waals surface area contributed by atoms with Crippen LogP contribution in [0.25, 0.3) is 11.3 Å². The Labute approximate surface area is 185 Å². The number of fused-ring (bicyclic) bond motifs is 4. The average molecular weight is 474 g/mol. The number of nitrogens with zero attached hydrogens (tertiary/aromatic N) is 2. The molecule has 4 rings (SSSR count). The molecule has 3 heterocycles. The number of carbonyl (C=O) groups excluding carboxylic acids is 2. The highest BCUT2D eigenvalue weighted by atomic mass is 79.9. The van der Waals surface area contributed by atoms with Gasteiger partial charge in [0.25, 0.3) is 0 Å². The van der Waals surface area contributed by atoms with Crippen molar-refractivity contribution in [3.63, 3.8) is 0 Å². The van der Waals surface area contributed by atoms with Crippen LogP contribution in [0, 0.1) is 5.92 Å². The lowest BCUT2D eigenvalue weighted by molar-refractivity contribution is -0.145. The van der Waals surface area contributed by atoms with Gasteiger partial charge >= 0.3 is 5.97 Å². The standard InChI is InChI=1S/C23H28BrN3O3/c1-15-6-3-2-4-8-20(28)30-14-18-21(16-9-11-17(24)12-10-16)26-22(25-18)19-7-5-13-27(19)23(15)29/h9-12,15,19H,2-8,13-14H2,1H3,(H,25,26). The van der Waals surface area contributed by atoms with E-state index in [9.17, 15) is 9.59 Å². The van der Waals surface area contributed by atoms with Gasteiger partial charge in [-0.15, -0.1) is 0 Å². The second-order valence-corrected chi connectivity index (χ2v) is 9.22. The molecule has 2 unspecified atom stereocenters. The van der Waals surface area contributed by atoms with E-state index >= 15 is 0 Å².